The molecule has 0 saturated heterocycles. The highest BCUT2D eigenvalue weighted by Crippen LogP contribution is 2.03. The molecule has 1 aromatic rings. The lowest BCUT2D eigenvalue weighted by Gasteiger charge is -2.10. The molecular formula is C10H13N3O2. The topological polar surface area (TPSA) is 78.2 Å². The zero-order valence-electron chi connectivity index (χ0n) is 8.47. The van der Waals surface area contributed by atoms with Crippen LogP contribution in [0.1, 0.15) is 5.56 Å². The van der Waals surface area contributed by atoms with Gasteiger partial charge in [0.2, 0.25) is 0 Å². The van der Waals surface area contributed by atoms with Gasteiger partial charge in [0, 0.05) is 19.9 Å². The number of aliphatic hydroxyl groups is 1. The van der Waals surface area contributed by atoms with Crippen LogP contribution >= 0.6 is 0 Å². The van der Waals surface area contributed by atoms with Crippen molar-refractivity contribution >= 4 is 5.82 Å². The molecule has 1 aromatic heterocycles. The van der Waals surface area contributed by atoms with Crippen molar-refractivity contribution in [2.75, 3.05) is 25.6 Å². The van der Waals surface area contributed by atoms with Crippen molar-refractivity contribution in [1.29, 1.82) is 5.26 Å². The molecule has 1 heterocycles. The Morgan fingerprint density at radius 3 is 3.00 bits per heavy atom. The van der Waals surface area contributed by atoms with Crippen molar-refractivity contribution in [3.05, 3.63) is 23.9 Å². The number of pyridine rings is 1. The van der Waals surface area contributed by atoms with Gasteiger partial charge in [-0.15, -0.1) is 0 Å². The molecule has 0 aliphatic heterocycles. The zero-order valence-corrected chi connectivity index (χ0v) is 8.47. The Kier molecular flexibility index (Phi) is 4.54. The summed E-state index contributed by atoms with van der Waals surface area (Å²) in [6.07, 6.45) is 0.915. The second-order valence-electron chi connectivity index (χ2n) is 3.03. The van der Waals surface area contributed by atoms with E-state index >= 15 is 0 Å². The van der Waals surface area contributed by atoms with Gasteiger partial charge in [-0.05, 0) is 12.1 Å². The SMILES string of the molecule is COC[C@H](O)CNc1ccc(C#N)cn1. The van der Waals surface area contributed by atoms with E-state index in [9.17, 15) is 5.11 Å². The van der Waals surface area contributed by atoms with E-state index in [1.54, 1.807) is 12.1 Å². The lowest BCUT2D eigenvalue weighted by Crippen LogP contribution is -2.24. The van der Waals surface area contributed by atoms with Gasteiger partial charge in [-0.25, -0.2) is 4.98 Å². The van der Waals surface area contributed by atoms with E-state index in [1.165, 1.54) is 13.3 Å². The Morgan fingerprint density at radius 2 is 2.47 bits per heavy atom. The summed E-state index contributed by atoms with van der Waals surface area (Å²) in [5.74, 6) is 0.629. The number of ether oxygens (including phenoxy) is 1. The second kappa shape index (κ2) is 5.96. The van der Waals surface area contributed by atoms with E-state index in [2.05, 4.69) is 10.3 Å². The summed E-state index contributed by atoms with van der Waals surface area (Å²) >= 11 is 0. The fraction of sp³-hybridized carbons (Fsp3) is 0.400. The van der Waals surface area contributed by atoms with Gasteiger partial charge in [-0.3, -0.25) is 0 Å². The first-order chi connectivity index (χ1) is 7.26. The van der Waals surface area contributed by atoms with E-state index in [4.69, 9.17) is 10.00 Å². The van der Waals surface area contributed by atoms with Crippen LogP contribution in [-0.2, 0) is 4.74 Å². The first-order valence-corrected chi connectivity index (χ1v) is 4.53. The van der Waals surface area contributed by atoms with Crippen LogP contribution in [0.25, 0.3) is 0 Å². The van der Waals surface area contributed by atoms with Crippen molar-refractivity contribution in [1.82, 2.24) is 4.98 Å². The highest BCUT2D eigenvalue weighted by atomic mass is 16.5. The van der Waals surface area contributed by atoms with E-state index in [-0.39, 0.29) is 6.61 Å². The number of aromatic nitrogens is 1. The summed E-state index contributed by atoms with van der Waals surface area (Å²) < 4.78 is 4.78. The molecule has 0 radical (unpaired) electrons. The molecule has 2 N–H and O–H groups in total. The van der Waals surface area contributed by atoms with Gasteiger partial charge in [0.25, 0.3) is 0 Å². The summed E-state index contributed by atoms with van der Waals surface area (Å²) in [4.78, 5) is 4.00. The van der Waals surface area contributed by atoms with Crippen LogP contribution in [-0.4, -0.2) is 36.5 Å². The van der Waals surface area contributed by atoms with Crippen LogP contribution in [0.2, 0.25) is 0 Å². The minimum absolute atomic E-state index is 0.281. The molecule has 0 unspecified atom stereocenters. The molecule has 0 saturated carbocycles. The molecule has 5 heteroatoms. The predicted molar refractivity (Wildman–Crippen MR) is 55.3 cm³/mol. The Hall–Kier alpha value is -1.64. The summed E-state index contributed by atoms with van der Waals surface area (Å²) in [6.45, 7) is 0.649. The normalized spacial score (nSPS) is 11.8. The highest BCUT2D eigenvalue weighted by molar-refractivity contribution is 5.38. The molecule has 0 aliphatic rings. The number of nitrogens with one attached hydrogen (secondary N) is 1. The third kappa shape index (κ3) is 3.94. The molecule has 1 rings (SSSR count). The third-order valence-electron chi connectivity index (χ3n) is 1.77. The maximum absolute atomic E-state index is 9.34. The van der Waals surface area contributed by atoms with Crippen LogP contribution < -0.4 is 5.32 Å². The smallest absolute Gasteiger partial charge is 0.126 e. The van der Waals surface area contributed by atoms with Gasteiger partial charge >= 0.3 is 0 Å². The van der Waals surface area contributed by atoms with Gasteiger partial charge in [0.05, 0.1) is 18.3 Å². The van der Waals surface area contributed by atoms with Crippen LogP contribution in [0.15, 0.2) is 18.3 Å². The molecule has 0 fully saturated rings. The fourth-order valence-electron chi connectivity index (χ4n) is 1.04. The zero-order chi connectivity index (χ0) is 11.1. The predicted octanol–water partition coefficient (Wildman–Crippen LogP) is 0.372. The van der Waals surface area contributed by atoms with E-state index in [0.29, 0.717) is 17.9 Å². The number of methoxy groups -OCH3 is 1. The monoisotopic (exact) mass is 207 g/mol. The van der Waals surface area contributed by atoms with Crippen molar-refractivity contribution in [2.45, 2.75) is 6.10 Å². The Morgan fingerprint density at radius 1 is 1.67 bits per heavy atom. The first kappa shape index (κ1) is 11.4. The first-order valence-electron chi connectivity index (χ1n) is 4.53. The molecule has 80 valence electrons. The maximum atomic E-state index is 9.34. The molecule has 1 atom stereocenters. The van der Waals surface area contributed by atoms with E-state index in [1.807, 2.05) is 6.07 Å². The van der Waals surface area contributed by atoms with E-state index in [0.717, 1.165) is 0 Å². The van der Waals surface area contributed by atoms with Crippen molar-refractivity contribution < 1.29 is 9.84 Å². The molecule has 0 aliphatic carbocycles. The standard InChI is InChI=1S/C10H13N3O2/c1-15-7-9(14)6-13-10-3-2-8(4-11)5-12-10/h2-3,5,9,14H,6-7H2,1H3,(H,12,13)/t9-/m1/s1. The molecule has 0 bridgehead atoms. The van der Waals surface area contributed by atoms with Crippen LogP contribution in [0.4, 0.5) is 5.82 Å². The molecule has 5 nitrogen and oxygen atoms in total. The van der Waals surface area contributed by atoms with Crippen LogP contribution in [0.3, 0.4) is 0 Å². The number of hydrogen-bond donors (Lipinski definition) is 2. The maximum Gasteiger partial charge on any atom is 0.126 e. The quantitative estimate of drug-likeness (QED) is 0.729. The van der Waals surface area contributed by atoms with Crippen molar-refractivity contribution in [3.63, 3.8) is 0 Å². The number of aliphatic hydroxyl groups excluding tert-OH is 1. The highest BCUT2D eigenvalue weighted by Gasteiger charge is 2.02. The van der Waals surface area contributed by atoms with Gasteiger partial charge in [-0.2, -0.15) is 5.26 Å². The number of rotatable bonds is 5. The number of nitrogens with zero attached hydrogens (tertiary/aromatic N) is 2. The minimum atomic E-state index is -0.563. The average Bonchev–Trinajstić information content (AvgIpc) is 2.27. The van der Waals surface area contributed by atoms with Gasteiger partial charge in [0.15, 0.2) is 0 Å². The van der Waals surface area contributed by atoms with Gasteiger partial charge < -0.3 is 15.2 Å². The lowest BCUT2D eigenvalue weighted by atomic mass is 10.3. The third-order valence-corrected chi connectivity index (χ3v) is 1.77. The van der Waals surface area contributed by atoms with Crippen molar-refractivity contribution in [3.8, 4) is 6.07 Å². The number of anilines is 1. The van der Waals surface area contributed by atoms with Crippen molar-refractivity contribution in [2.24, 2.45) is 0 Å². The van der Waals surface area contributed by atoms with Crippen LogP contribution in [0, 0.1) is 11.3 Å². The van der Waals surface area contributed by atoms with Gasteiger partial charge in [-0.1, -0.05) is 0 Å². The average molecular weight is 207 g/mol. The summed E-state index contributed by atoms with van der Waals surface area (Å²) in [6, 6.07) is 5.34. The molecule has 15 heavy (non-hydrogen) atoms. The Bertz CT molecular complexity index is 332. The number of hydrogen-bond acceptors (Lipinski definition) is 5. The summed E-state index contributed by atoms with van der Waals surface area (Å²) in [5.41, 5.74) is 0.512. The van der Waals surface area contributed by atoms with Crippen LogP contribution in [0.5, 0.6) is 0 Å². The molecule has 0 amide bonds. The van der Waals surface area contributed by atoms with E-state index < -0.39 is 6.10 Å². The summed E-state index contributed by atoms with van der Waals surface area (Å²) in [5, 5.41) is 20.8. The summed E-state index contributed by atoms with van der Waals surface area (Å²) in [7, 11) is 1.53. The van der Waals surface area contributed by atoms with Gasteiger partial charge in [0.1, 0.15) is 11.9 Å². The fourth-order valence-corrected chi connectivity index (χ4v) is 1.04. The Labute approximate surface area is 88.3 Å². The largest absolute Gasteiger partial charge is 0.389 e. The molecular weight excluding hydrogens is 194 g/mol. The molecule has 0 aromatic carbocycles. The lowest BCUT2D eigenvalue weighted by molar-refractivity contribution is 0.0727. The number of nitriles is 1. The Balaban J connectivity index is 2.41. The molecule has 0 spiro atoms. The minimum Gasteiger partial charge on any atom is -0.389 e. The second-order valence-corrected chi connectivity index (χ2v) is 3.03.